The highest BCUT2D eigenvalue weighted by Crippen LogP contribution is 2.43. The largest absolute Gasteiger partial charge is 0.472 e. The zero-order valence-corrected chi connectivity index (χ0v) is 38.0. The van der Waals surface area contributed by atoms with E-state index < -0.39 is 26.5 Å². The minimum absolute atomic E-state index is 0.0538. The van der Waals surface area contributed by atoms with Crippen molar-refractivity contribution in [3.05, 3.63) is 24.3 Å². The van der Waals surface area contributed by atoms with E-state index in [4.69, 9.17) is 24.3 Å². The van der Waals surface area contributed by atoms with Crippen molar-refractivity contribution >= 4 is 19.8 Å². The summed E-state index contributed by atoms with van der Waals surface area (Å²) in [5.41, 5.74) is 5.36. The Balaban J connectivity index is 4.09. The van der Waals surface area contributed by atoms with E-state index in [2.05, 4.69) is 38.2 Å². The third kappa shape index (κ3) is 43.9. The Bertz CT molecular complexity index is 990. The Labute approximate surface area is 351 Å². The summed E-state index contributed by atoms with van der Waals surface area (Å²) < 4.78 is 32.9. The number of phosphoric ester groups is 1. The molecule has 0 aromatic heterocycles. The van der Waals surface area contributed by atoms with Gasteiger partial charge < -0.3 is 20.1 Å². The summed E-state index contributed by atoms with van der Waals surface area (Å²) in [6.45, 7) is 3.75. The average molecular weight is 828 g/mol. The molecule has 0 aromatic carbocycles. The van der Waals surface area contributed by atoms with E-state index in [1.165, 1.54) is 148 Å². The molecule has 3 N–H and O–H groups in total. The molecule has 57 heavy (non-hydrogen) atoms. The van der Waals surface area contributed by atoms with E-state index in [1.54, 1.807) is 0 Å². The van der Waals surface area contributed by atoms with Gasteiger partial charge in [0, 0.05) is 19.4 Å². The van der Waals surface area contributed by atoms with E-state index in [9.17, 15) is 19.0 Å². The lowest BCUT2D eigenvalue weighted by molar-refractivity contribution is -0.161. The maximum atomic E-state index is 12.6. The summed E-state index contributed by atoms with van der Waals surface area (Å²) in [7, 11) is -4.38. The highest BCUT2D eigenvalue weighted by Gasteiger charge is 2.26. The number of ether oxygens (including phenoxy) is 2. The second-order valence-electron chi connectivity index (χ2n) is 16.0. The van der Waals surface area contributed by atoms with Gasteiger partial charge in [0.15, 0.2) is 6.10 Å². The van der Waals surface area contributed by atoms with E-state index in [1.807, 2.05) is 0 Å². The summed E-state index contributed by atoms with van der Waals surface area (Å²) in [6, 6.07) is 0. The van der Waals surface area contributed by atoms with Crippen LogP contribution in [0.5, 0.6) is 0 Å². The van der Waals surface area contributed by atoms with Crippen LogP contribution in [0.4, 0.5) is 0 Å². The van der Waals surface area contributed by atoms with E-state index in [-0.39, 0.29) is 38.6 Å². The predicted octanol–water partition coefficient (Wildman–Crippen LogP) is 13.9. The van der Waals surface area contributed by atoms with Gasteiger partial charge in [0.2, 0.25) is 0 Å². The van der Waals surface area contributed by atoms with Gasteiger partial charge >= 0.3 is 19.8 Å². The van der Waals surface area contributed by atoms with Gasteiger partial charge in [0.05, 0.1) is 13.2 Å². The van der Waals surface area contributed by atoms with Crippen molar-refractivity contribution in [1.29, 1.82) is 0 Å². The van der Waals surface area contributed by atoms with Gasteiger partial charge in [-0.15, -0.1) is 0 Å². The summed E-state index contributed by atoms with van der Waals surface area (Å²) in [5, 5.41) is 0. The number of carbonyl (C=O) groups excluding carboxylic acids is 2. The maximum Gasteiger partial charge on any atom is 0.472 e. The van der Waals surface area contributed by atoms with E-state index >= 15 is 0 Å². The third-order valence-electron chi connectivity index (χ3n) is 10.3. The highest BCUT2D eigenvalue weighted by molar-refractivity contribution is 7.47. The number of carbonyl (C=O) groups is 2. The monoisotopic (exact) mass is 828 g/mol. The van der Waals surface area contributed by atoms with Crippen molar-refractivity contribution < 1.29 is 37.6 Å². The Morgan fingerprint density at radius 2 is 0.860 bits per heavy atom. The number of unbranched alkanes of at least 4 members (excludes halogenated alkanes) is 28. The van der Waals surface area contributed by atoms with Gasteiger partial charge in [0.1, 0.15) is 6.61 Å². The first-order valence-electron chi connectivity index (χ1n) is 23.8. The predicted molar refractivity (Wildman–Crippen MR) is 238 cm³/mol. The molecule has 0 rings (SSSR count). The molecule has 9 nitrogen and oxygen atoms in total. The molecule has 0 aliphatic heterocycles. The second-order valence-corrected chi connectivity index (χ2v) is 17.4. The van der Waals surface area contributed by atoms with E-state index in [0.717, 1.165) is 51.4 Å². The number of nitrogens with two attached hydrogens (primary N) is 1. The quantitative estimate of drug-likeness (QED) is 0.0266. The number of phosphoric acid groups is 1. The van der Waals surface area contributed by atoms with Crippen LogP contribution in [0.2, 0.25) is 0 Å². The first-order valence-corrected chi connectivity index (χ1v) is 25.3. The maximum absolute atomic E-state index is 12.6. The van der Waals surface area contributed by atoms with Gasteiger partial charge in [-0.3, -0.25) is 18.6 Å². The Morgan fingerprint density at radius 3 is 1.25 bits per heavy atom. The van der Waals surface area contributed by atoms with Crippen LogP contribution in [0.25, 0.3) is 0 Å². The average Bonchev–Trinajstić information content (AvgIpc) is 3.20. The molecule has 0 radical (unpaired) electrons. The molecule has 0 bridgehead atoms. The number of hydrogen-bond donors (Lipinski definition) is 2. The summed E-state index contributed by atoms with van der Waals surface area (Å²) in [5.74, 6) is -0.827. The van der Waals surface area contributed by atoms with Crippen LogP contribution in [0.1, 0.15) is 232 Å². The molecule has 0 aromatic rings. The van der Waals surface area contributed by atoms with Crippen molar-refractivity contribution in [2.24, 2.45) is 5.73 Å². The van der Waals surface area contributed by atoms with Crippen molar-refractivity contribution in [2.75, 3.05) is 26.4 Å². The van der Waals surface area contributed by atoms with Gasteiger partial charge in [-0.05, 0) is 64.2 Å². The van der Waals surface area contributed by atoms with Crippen molar-refractivity contribution in [3.8, 4) is 0 Å². The first-order chi connectivity index (χ1) is 27.8. The van der Waals surface area contributed by atoms with Crippen LogP contribution < -0.4 is 5.73 Å². The molecule has 0 fully saturated rings. The van der Waals surface area contributed by atoms with Crippen LogP contribution >= 0.6 is 7.82 Å². The Kier molecular flexibility index (Phi) is 42.9. The summed E-state index contributed by atoms with van der Waals surface area (Å²) in [4.78, 5) is 35.0. The van der Waals surface area contributed by atoms with Crippen LogP contribution in [-0.2, 0) is 32.7 Å². The molecule has 0 heterocycles. The van der Waals surface area contributed by atoms with Crippen LogP contribution in [-0.4, -0.2) is 49.3 Å². The Hall–Kier alpha value is -1.51. The minimum Gasteiger partial charge on any atom is -0.462 e. The van der Waals surface area contributed by atoms with Crippen molar-refractivity contribution in [3.63, 3.8) is 0 Å². The van der Waals surface area contributed by atoms with Crippen molar-refractivity contribution in [2.45, 2.75) is 238 Å². The zero-order chi connectivity index (χ0) is 41.8. The summed E-state index contributed by atoms with van der Waals surface area (Å²) >= 11 is 0. The molecule has 0 amide bonds. The number of rotatable bonds is 45. The normalized spacial score (nSPS) is 13.4. The summed E-state index contributed by atoms with van der Waals surface area (Å²) in [6.07, 6.45) is 47.8. The molecule has 0 saturated heterocycles. The molecule has 2 unspecified atom stereocenters. The lowest BCUT2D eigenvalue weighted by Gasteiger charge is -2.19. The molecule has 2 atom stereocenters. The Morgan fingerprint density at radius 1 is 0.509 bits per heavy atom. The fourth-order valence-corrected chi connectivity index (χ4v) is 7.51. The number of allylic oxidation sites excluding steroid dienone is 4. The third-order valence-corrected chi connectivity index (χ3v) is 11.3. The zero-order valence-electron chi connectivity index (χ0n) is 37.1. The standard InChI is InChI=1S/C47H90NO8P/c1-3-5-7-9-11-13-15-17-19-21-22-24-26-28-30-32-34-36-38-40-47(50)56-45(44-55-57(51,52)54-42-41-48)43-53-46(49)39-37-35-33-31-29-27-25-23-20-18-16-14-12-10-8-6-4-2/h17-20,45H,3-16,21-44,48H2,1-2H3,(H,51,52). The van der Waals surface area contributed by atoms with Gasteiger partial charge in [-0.1, -0.05) is 179 Å². The molecule has 0 aliphatic carbocycles. The van der Waals surface area contributed by atoms with Gasteiger partial charge in [0.25, 0.3) is 0 Å². The highest BCUT2D eigenvalue weighted by atomic mass is 31.2. The van der Waals surface area contributed by atoms with Crippen LogP contribution in [0.3, 0.4) is 0 Å². The first kappa shape index (κ1) is 55.5. The molecule has 10 heteroatoms. The fourth-order valence-electron chi connectivity index (χ4n) is 6.74. The van der Waals surface area contributed by atoms with Gasteiger partial charge in [-0.2, -0.15) is 0 Å². The van der Waals surface area contributed by atoms with Crippen LogP contribution in [0.15, 0.2) is 24.3 Å². The van der Waals surface area contributed by atoms with E-state index in [0.29, 0.717) is 6.42 Å². The van der Waals surface area contributed by atoms with Gasteiger partial charge in [-0.25, -0.2) is 4.57 Å². The minimum atomic E-state index is -4.38. The molecule has 0 spiro atoms. The lowest BCUT2D eigenvalue weighted by atomic mass is 10.1. The fraction of sp³-hybridized carbons (Fsp3) is 0.872. The number of hydrogen-bond acceptors (Lipinski definition) is 8. The molecule has 0 aliphatic rings. The van der Waals surface area contributed by atoms with Crippen molar-refractivity contribution in [1.82, 2.24) is 0 Å². The molecular weight excluding hydrogens is 737 g/mol. The molecule has 0 saturated carbocycles. The molecular formula is C47H90NO8P. The van der Waals surface area contributed by atoms with Crippen LogP contribution in [0, 0.1) is 0 Å². The number of esters is 2. The molecule has 336 valence electrons. The second kappa shape index (κ2) is 44.1. The topological polar surface area (TPSA) is 134 Å². The smallest absolute Gasteiger partial charge is 0.462 e. The SMILES string of the molecule is CCCCCCCCC=CCCCCCCCCCCCC(=O)OC(COC(=O)CCCCCCCCCC=CCCCCCCCC)COP(=O)(O)OCCN. The lowest BCUT2D eigenvalue weighted by Crippen LogP contribution is -2.29.